The van der Waals surface area contributed by atoms with Crippen molar-refractivity contribution in [2.75, 3.05) is 5.32 Å². The number of amides is 1. The average molecular weight is 389 g/mol. The minimum atomic E-state index is -0.0927. The van der Waals surface area contributed by atoms with E-state index in [2.05, 4.69) is 25.5 Å². The Labute approximate surface area is 166 Å². The third kappa shape index (κ3) is 3.10. The van der Waals surface area contributed by atoms with E-state index in [9.17, 15) is 9.90 Å². The number of carbonyl (C=O) groups is 1. The fraction of sp³-hybridized carbons (Fsp3) is 0.250. The quantitative estimate of drug-likeness (QED) is 0.554. The lowest BCUT2D eigenvalue weighted by atomic mass is 10.2. The molecule has 146 valence electrons. The first-order chi connectivity index (χ1) is 14.0. The molecule has 1 saturated carbocycles. The summed E-state index contributed by atoms with van der Waals surface area (Å²) in [7, 11) is 1.73. The van der Waals surface area contributed by atoms with Crippen molar-refractivity contribution in [3.05, 3.63) is 54.1 Å². The number of anilines is 1. The molecule has 2 N–H and O–H groups in total. The van der Waals surface area contributed by atoms with E-state index >= 15 is 0 Å². The number of aryl methyl sites for hydroxylation is 2. The molecule has 0 bridgehead atoms. The smallest absolute Gasteiger partial charge is 0.229 e. The zero-order chi connectivity index (χ0) is 20.1. The maximum atomic E-state index is 12.6. The molecular weight excluding hydrogens is 370 g/mol. The van der Waals surface area contributed by atoms with Gasteiger partial charge in [0.15, 0.2) is 17.2 Å². The summed E-state index contributed by atoms with van der Waals surface area (Å²) in [4.78, 5) is 21.5. The maximum Gasteiger partial charge on any atom is 0.229 e. The molecule has 0 radical (unpaired) electrons. The molecule has 1 amide bonds. The molecule has 0 unspecified atom stereocenters. The number of aromatic nitrogens is 6. The molecule has 29 heavy (non-hydrogen) atoms. The number of nitrogens with one attached hydrogen (secondary N) is 1. The van der Waals surface area contributed by atoms with Gasteiger partial charge in [-0.15, -0.1) is 5.10 Å². The normalized spacial score (nSPS) is 18.1. The van der Waals surface area contributed by atoms with Gasteiger partial charge in [0.2, 0.25) is 5.91 Å². The summed E-state index contributed by atoms with van der Waals surface area (Å²) in [6.07, 6.45) is 5.72. The Balaban J connectivity index is 1.33. The number of fused-ring (bicyclic) bond motifs is 1. The molecular formula is C20H19N7O2. The Hall–Kier alpha value is -3.75. The van der Waals surface area contributed by atoms with E-state index in [1.54, 1.807) is 34.6 Å². The Morgan fingerprint density at radius 3 is 2.86 bits per heavy atom. The second-order valence-corrected chi connectivity index (χ2v) is 7.35. The van der Waals surface area contributed by atoms with Crippen LogP contribution in [0.15, 0.2) is 42.9 Å². The van der Waals surface area contributed by atoms with E-state index in [0.29, 0.717) is 22.9 Å². The van der Waals surface area contributed by atoms with Crippen molar-refractivity contribution in [1.82, 2.24) is 29.4 Å². The molecule has 0 aromatic carbocycles. The van der Waals surface area contributed by atoms with Gasteiger partial charge in [-0.3, -0.25) is 14.5 Å². The van der Waals surface area contributed by atoms with Gasteiger partial charge >= 0.3 is 0 Å². The summed E-state index contributed by atoms with van der Waals surface area (Å²) in [5, 5.41) is 21.2. The van der Waals surface area contributed by atoms with Crippen LogP contribution in [0.1, 0.15) is 23.6 Å². The van der Waals surface area contributed by atoms with Crippen LogP contribution in [0, 0.1) is 12.8 Å². The fourth-order valence-electron chi connectivity index (χ4n) is 3.52. The van der Waals surface area contributed by atoms with E-state index in [1.807, 2.05) is 25.3 Å². The largest absolute Gasteiger partial charge is 0.504 e. The molecule has 2 atom stereocenters. The lowest BCUT2D eigenvalue weighted by molar-refractivity contribution is -0.117. The van der Waals surface area contributed by atoms with Crippen LogP contribution in [0.25, 0.3) is 17.0 Å². The zero-order valence-corrected chi connectivity index (χ0v) is 15.9. The predicted molar refractivity (Wildman–Crippen MR) is 105 cm³/mol. The number of rotatable bonds is 4. The van der Waals surface area contributed by atoms with E-state index in [0.717, 1.165) is 17.7 Å². The van der Waals surface area contributed by atoms with E-state index < -0.39 is 0 Å². The molecule has 4 aromatic rings. The van der Waals surface area contributed by atoms with Crippen molar-refractivity contribution in [2.24, 2.45) is 13.0 Å². The van der Waals surface area contributed by atoms with E-state index in [1.165, 1.54) is 6.20 Å². The van der Waals surface area contributed by atoms with Gasteiger partial charge in [-0.1, -0.05) is 6.07 Å². The van der Waals surface area contributed by atoms with Crippen LogP contribution in [-0.2, 0) is 11.8 Å². The van der Waals surface area contributed by atoms with Crippen molar-refractivity contribution in [2.45, 2.75) is 19.3 Å². The highest BCUT2D eigenvalue weighted by atomic mass is 16.3. The highest BCUT2D eigenvalue weighted by Crippen LogP contribution is 2.47. The summed E-state index contributed by atoms with van der Waals surface area (Å²) in [6.45, 7) is 1.99. The summed E-state index contributed by atoms with van der Waals surface area (Å²) in [5.41, 5.74) is 3.71. The van der Waals surface area contributed by atoms with Gasteiger partial charge in [-0.25, -0.2) is 9.50 Å². The standard InChI is InChI=1S/C20H19N7O2/c1-11-3-4-14(21-9-11)12-7-13(12)20(29)24-17-8-18-23-15(5-6-27(18)25-17)19-16(28)10-22-26(19)2/h3-6,8-10,12-13,28H,7H2,1-2H3,(H,24,25,29)/t12-,13+/m1/s1. The molecule has 4 aromatic heterocycles. The molecule has 1 aliphatic carbocycles. The molecule has 1 aliphatic rings. The number of aromatic hydroxyl groups is 1. The molecule has 1 fully saturated rings. The molecule has 5 rings (SSSR count). The highest BCUT2D eigenvalue weighted by molar-refractivity contribution is 5.94. The maximum absolute atomic E-state index is 12.6. The van der Waals surface area contributed by atoms with Gasteiger partial charge in [0.05, 0.1) is 11.9 Å². The first kappa shape index (κ1) is 17.4. The highest BCUT2D eigenvalue weighted by Gasteiger charge is 2.45. The van der Waals surface area contributed by atoms with Gasteiger partial charge in [0.1, 0.15) is 5.69 Å². The third-order valence-electron chi connectivity index (χ3n) is 5.18. The van der Waals surface area contributed by atoms with Crippen molar-refractivity contribution in [3.8, 4) is 17.1 Å². The molecule has 9 nitrogen and oxygen atoms in total. The predicted octanol–water partition coefficient (Wildman–Crippen LogP) is 2.28. The Bertz CT molecular complexity index is 1210. The Morgan fingerprint density at radius 2 is 2.14 bits per heavy atom. The molecule has 9 heteroatoms. The van der Waals surface area contributed by atoms with Crippen molar-refractivity contribution >= 4 is 17.4 Å². The number of hydrogen-bond donors (Lipinski definition) is 2. The van der Waals surface area contributed by atoms with Crippen LogP contribution in [0.5, 0.6) is 5.75 Å². The van der Waals surface area contributed by atoms with Crippen LogP contribution in [0.3, 0.4) is 0 Å². The van der Waals surface area contributed by atoms with Crippen molar-refractivity contribution < 1.29 is 9.90 Å². The summed E-state index contributed by atoms with van der Waals surface area (Å²) < 4.78 is 3.14. The second-order valence-electron chi connectivity index (χ2n) is 7.35. The number of carbonyl (C=O) groups excluding carboxylic acids is 1. The zero-order valence-electron chi connectivity index (χ0n) is 15.9. The third-order valence-corrected chi connectivity index (χ3v) is 5.18. The molecule has 0 saturated heterocycles. The molecule has 4 heterocycles. The van der Waals surface area contributed by atoms with Gasteiger partial charge in [0.25, 0.3) is 0 Å². The van der Waals surface area contributed by atoms with Crippen molar-refractivity contribution in [1.29, 1.82) is 0 Å². The SMILES string of the molecule is Cc1ccc([C@@H]2C[C@@H]2C(=O)Nc2cc3nc(-c4c(O)cnn4C)ccn3n2)nc1. The van der Waals surface area contributed by atoms with Gasteiger partial charge in [-0.05, 0) is 31.0 Å². The summed E-state index contributed by atoms with van der Waals surface area (Å²) in [5.74, 6) is 0.499. The van der Waals surface area contributed by atoms with Crippen LogP contribution in [0.4, 0.5) is 5.82 Å². The Kier molecular flexibility index (Phi) is 3.83. The minimum absolute atomic E-state index is 0.0573. The van der Waals surface area contributed by atoms with Crippen LogP contribution < -0.4 is 5.32 Å². The van der Waals surface area contributed by atoms with Crippen LogP contribution >= 0.6 is 0 Å². The van der Waals surface area contributed by atoms with E-state index in [4.69, 9.17) is 0 Å². The molecule has 0 aliphatic heterocycles. The first-order valence-electron chi connectivity index (χ1n) is 9.31. The lowest BCUT2D eigenvalue weighted by Gasteiger charge is -2.02. The second kappa shape index (κ2) is 6.40. The average Bonchev–Trinajstić information content (AvgIpc) is 3.30. The number of hydrogen-bond acceptors (Lipinski definition) is 6. The fourth-order valence-corrected chi connectivity index (χ4v) is 3.52. The van der Waals surface area contributed by atoms with Crippen LogP contribution in [0.2, 0.25) is 0 Å². The van der Waals surface area contributed by atoms with Gasteiger partial charge < -0.3 is 10.4 Å². The number of pyridine rings is 1. The van der Waals surface area contributed by atoms with Crippen molar-refractivity contribution in [3.63, 3.8) is 0 Å². The lowest BCUT2D eigenvalue weighted by Crippen LogP contribution is -2.15. The van der Waals surface area contributed by atoms with E-state index in [-0.39, 0.29) is 23.5 Å². The minimum Gasteiger partial charge on any atom is -0.504 e. The number of nitrogens with zero attached hydrogens (tertiary/aromatic N) is 6. The van der Waals surface area contributed by atoms with Crippen LogP contribution in [-0.4, -0.2) is 40.4 Å². The monoisotopic (exact) mass is 389 g/mol. The molecule has 0 spiro atoms. The first-order valence-corrected chi connectivity index (χ1v) is 9.31. The van der Waals surface area contributed by atoms with Gasteiger partial charge in [0, 0.05) is 43.0 Å². The summed E-state index contributed by atoms with van der Waals surface area (Å²) in [6, 6.07) is 7.44. The summed E-state index contributed by atoms with van der Waals surface area (Å²) >= 11 is 0. The van der Waals surface area contributed by atoms with Gasteiger partial charge in [-0.2, -0.15) is 5.10 Å². The topological polar surface area (TPSA) is 110 Å². The Morgan fingerprint density at radius 1 is 1.28 bits per heavy atom.